The van der Waals surface area contributed by atoms with Crippen LogP contribution in [-0.4, -0.2) is 35.3 Å². The minimum Gasteiger partial charge on any atom is -0.444 e. The molecule has 2 aromatic rings. The van der Waals surface area contributed by atoms with Crippen LogP contribution in [0.5, 0.6) is 0 Å². The third kappa shape index (κ3) is 4.50. The second-order valence-corrected chi connectivity index (χ2v) is 6.53. The molecule has 0 saturated carbocycles. The van der Waals surface area contributed by atoms with E-state index in [2.05, 4.69) is 10.6 Å². The molecule has 6 nitrogen and oxygen atoms in total. The fourth-order valence-corrected chi connectivity index (χ4v) is 2.44. The molecule has 0 saturated heterocycles. The van der Waals surface area contributed by atoms with Crippen molar-refractivity contribution in [3.05, 3.63) is 36.0 Å². The number of aryl methyl sites for hydroxylation is 1. The molecule has 0 radical (unpaired) electrons. The summed E-state index contributed by atoms with van der Waals surface area (Å²) in [5, 5.41) is 6.37. The number of hydrogen-bond acceptors (Lipinski definition) is 3. The largest absolute Gasteiger partial charge is 0.444 e. The van der Waals surface area contributed by atoms with Crippen LogP contribution in [0.1, 0.15) is 38.1 Å². The number of nitrogens with one attached hydrogen (secondary N) is 2. The van der Waals surface area contributed by atoms with E-state index in [1.807, 2.05) is 42.0 Å². The second-order valence-electron chi connectivity index (χ2n) is 6.53. The number of carbonyl (C=O) groups excluding carboxylic acids is 2. The van der Waals surface area contributed by atoms with Crippen LogP contribution in [-0.2, 0) is 11.3 Å². The predicted molar refractivity (Wildman–Crippen MR) is 94.2 cm³/mol. The molecular weight excluding hydrogens is 306 g/mol. The number of amides is 2. The van der Waals surface area contributed by atoms with E-state index in [1.54, 1.807) is 20.8 Å². The van der Waals surface area contributed by atoms with Crippen molar-refractivity contribution < 1.29 is 14.3 Å². The highest BCUT2D eigenvalue weighted by Crippen LogP contribution is 2.21. The number of benzene rings is 1. The molecule has 2 amide bonds. The first-order valence-electron chi connectivity index (χ1n) is 8.14. The highest BCUT2D eigenvalue weighted by Gasteiger charge is 2.16. The molecule has 0 fully saturated rings. The minimum atomic E-state index is -0.532. The van der Waals surface area contributed by atoms with Crippen molar-refractivity contribution in [1.82, 2.24) is 15.2 Å². The van der Waals surface area contributed by atoms with E-state index in [9.17, 15) is 9.59 Å². The molecular formula is C18H25N3O3. The van der Waals surface area contributed by atoms with E-state index in [-0.39, 0.29) is 5.91 Å². The van der Waals surface area contributed by atoms with Crippen molar-refractivity contribution in [2.45, 2.75) is 39.8 Å². The van der Waals surface area contributed by atoms with Crippen molar-refractivity contribution in [3.8, 4) is 0 Å². The maximum absolute atomic E-state index is 12.4. The molecule has 0 aliphatic carbocycles. The Morgan fingerprint density at radius 2 is 1.79 bits per heavy atom. The van der Waals surface area contributed by atoms with Crippen molar-refractivity contribution >= 4 is 22.9 Å². The first-order chi connectivity index (χ1) is 11.3. The van der Waals surface area contributed by atoms with Crippen LogP contribution in [0.3, 0.4) is 0 Å². The van der Waals surface area contributed by atoms with Gasteiger partial charge in [-0.3, -0.25) is 4.79 Å². The number of alkyl carbamates (subject to hydrolysis) is 1. The van der Waals surface area contributed by atoms with Gasteiger partial charge >= 0.3 is 6.09 Å². The molecule has 6 heteroatoms. The Morgan fingerprint density at radius 1 is 1.12 bits per heavy atom. The lowest BCUT2D eigenvalue weighted by Gasteiger charge is -2.19. The van der Waals surface area contributed by atoms with Gasteiger partial charge in [0.05, 0.1) is 5.56 Å². The molecule has 24 heavy (non-hydrogen) atoms. The van der Waals surface area contributed by atoms with Crippen molar-refractivity contribution in [2.24, 2.45) is 0 Å². The lowest BCUT2D eigenvalue weighted by Crippen LogP contribution is -2.37. The predicted octanol–water partition coefficient (Wildman–Crippen LogP) is 2.92. The average Bonchev–Trinajstić information content (AvgIpc) is 2.88. The number of hydrogen-bond donors (Lipinski definition) is 2. The Kier molecular flexibility index (Phi) is 5.49. The lowest BCUT2D eigenvalue weighted by molar-refractivity contribution is 0.0526. The summed E-state index contributed by atoms with van der Waals surface area (Å²) in [4.78, 5) is 23.9. The summed E-state index contributed by atoms with van der Waals surface area (Å²) in [5.74, 6) is -0.149. The molecule has 0 bridgehead atoms. The number of carbonyl (C=O) groups is 2. The van der Waals surface area contributed by atoms with Crippen LogP contribution in [0, 0.1) is 0 Å². The van der Waals surface area contributed by atoms with Crippen molar-refractivity contribution in [1.29, 1.82) is 0 Å². The smallest absolute Gasteiger partial charge is 0.407 e. The number of rotatable bonds is 5. The van der Waals surface area contributed by atoms with Crippen LogP contribution < -0.4 is 10.6 Å². The Hall–Kier alpha value is -2.50. The van der Waals surface area contributed by atoms with Gasteiger partial charge in [0.15, 0.2) is 0 Å². The third-order valence-corrected chi connectivity index (χ3v) is 3.45. The zero-order chi connectivity index (χ0) is 17.7. The molecule has 0 atom stereocenters. The number of ether oxygens (including phenoxy) is 1. The number of aromatic nitrogens is 1. The minimum absolute atomic E-state index is 0.149. The maximum atomic E-state index is 12.4. The first-order valence-corrected chi connectivity index (χ1v) is 8.14. The van der Waals surface area contributed by atoms with Crippen LogP contribution >= 0.6 is 0 Å². The van der Waals surface area contributed by atoms with Gasteiger partial charge in [0.25, 0.3) is 5.91 Å². The summed E-state index contributed by atoms with van der Waals surface area (Å²) in [7, 11) is 0. The number of fused-ring (bicyclic) bond motifs is 1. The number of para-hydroxylation sites is 1. The van der Waals surface area contributed by atoms with Gasteiger partial charge in [-0.2, -0.15) is 0 Å². The molecule has 1 aromatic carbocycles. The van der Waals surface area contributed by atoms with Gasteiger partial charge in [-0.25, -0.2) is 4.79 Å². The number of nitrogens with zero attached hydrogens (tertiary/aromatic N) is 1. The monoisotopic (exact) mass is 331 g/mol. The Balaban J connectivity index is 1.91. The third-order valence-electron chi connectivity index (χ3n) is 3.45. The first kappa shape index (κ1) is 17.8. The van der Waals surface area contributed by atoms with Crippen molar-refractivity contribution in [2.75, 3.05) is 13.1 Å². The zero-order valence-electron chi connectivity index (χ0n) is 14.7. The molecule has 130 valence electrons. The van der Waals surface area contributed by atoms with E-state index in [0.717, 1.165) is 17.4 Å². The van der Waals surface area contributed by atoms with Gasteiger partial charge < -0.3 is 19.9 Å². The lowest BCUT2D eigenvalue weighted by atomic mass is 10.1. The van der Waals surface area contributed by atoms with Gasteiger partial charge in [0.2, 0.25) is 0 Å². The Labute approximate surface area is 142 Å². The fourth-order valence-electron chi connectivity index (χ4n) is 2.44. The summed E-state index contributed by atoms with van der Waals surface area (Å²) in [5.41, 5.74) is 1.15. The van der Waals surface area contributed by atoms with Crippen LogP contribution in [0.4, 0.5) is 4.79 Å². The molecule has 0 aliphatic rings. The maximum Gasteiger partial charge on any atom is 0.407 e. The zero-order valence-corrected chi connectivity index (χ0v) is 14.7. The van der Waals surface area contributed by atoms with Crippen LogP contribution in [0.15, 0.2) is 30.5 Å². The Bertz CT molecular complexity index is 729. The standard InChI is InChI=1S/C18H25N3O3/c1-5-21-12-14(13-8-6-7-9-15(13)21)16(22)19-10-11-20-17(23)24-18(2,3)4/h6-9,12H,5,10-11H2,1-4H3,(H,19,22)(H,20,23). The molecule has 1 aromatic heterocycles. The molecule has 0 unspecified atom stereocenters. The van der Waals surface area contributed by atoms with Gasteiger partial charge in [0.1, 0.15) is 5.60 Å². The van der Waals surface area contributed by atoms with Crippen LogP contribution in [0.2, 0.25) is 0 Å². The van der Waals surface area contributed by atoms with Gasteiger partial charge in [-0.1, -0.05) is 18.2 Å². The highest BCUT2D eigenvalue weighted by atomic mass is 16.6. The summed E-state index contributed by atoms with van der Waals surface area (Å²) in [6.07, 6.45) is 1.38. The Morgan fingerprint density at radius 3 is 2.46 bits per heavy atom. The fraction of sp³-hybridized carbons (Fsp3) is 0.444. The van der Waals surface area contributed by atoms with Crippen molar-refractivity contribution in [3.63, 3.8) is 0 Å². The summed E-state index contributed by atoms with van der Waals surface area (Å²) in [6.45, 7) is 8.90. The van der Waals surface area contributed by atoms with Gasteiger partial charge in [-0.15, -0.1) is 0 Å². The van der Waals surface area contributed by atoms with E-state index in [0.29, 0.717) is 18.7 Å². The van der Waals surface area contributed by atoms with E-state index < -0.39 is 11.7 Å². The quantitative estimate of drug-likeness (QED) is 0.828. The normalized spacial score (nSPS) is 11.3. The average molecular weight is 331 g/mol. The molecule has 0 spiro atoms. The summed E-state index contributed by atoms with van der Waals surface area (Å²) >= 11 is 0. The van der Waals surface area contributed by atoms with E-state index in [4.69, 9.17) is 4.74 Å². The van der Waals surface area contributed by atoms with Gasteiger partial charge in [0, 0.05) is 36.7 Å². The summed E-state index contributed by atoms with van der Waals surface area (Å²) < 4.78 is 7.18. The second kappa shape index (κ2) is 7.38. The van der Waals surface area contributed by atoms with Crippen LogP contribution in [0.25, 0.3) is 10.9 Å². The summed E-state index contributed by atoms with van der Waals surface area (Å²) in [6, 6.07) is 7.82. The highest BCUT2D eigenvalue weighted by molar-refractivity contribution is 6.07. The molecule has 2 rings (SSSR count). The topological polar surface area (TPSA) is 72.4 Å². The molecule has 0 aliphatic heterocycles. The molecule has 2 N–H and O–H groups in total. The SMILES string of the molecule is CCn1cc(C(=O)NCCNC(=O)OC(C)(C)C)c2ccccc21. The molecule has 1 heterocycles. The van der Waals surface area contributed by atoms with E-state index in [1.165, 1.54) is 0 Å². The van der Waals surface area contributed by atoms with Gasteiger partial charge in [-0.05, 0) is 33.8 Å². The van der Waals surface area contributed by atoms with E-state index >= 15 is 0 Å².